The number of benzene rings is 3. The number of rotatable bonds is 4. The zero-order chi connectivity index (χ0) is 25.7. The third-order valence-corrected chi connectivity index (χ3v) is 6.62. The maximum absolute atomic E-state index is 10.0. The van der Waals surface area contributed by atoms with E-state index in [0.717, 1.165) is 16.8 Å². The molecule has 0 atom stereocenters. The number of nitrogens with zero attached hydrogens (tertiary/aromatic N) is 1. The van der Waals surface area contributed by atoms with Gasteiger partial charge in [0.25, 0.3) is 0 Å². The largest absolute Gasteiger partial charge is 0.512 e. The van der Waals surface area contributed by atoms with E-state index in [9.17, 15) is 4.79 Å². The van der Waals surface area contributed by atoms with E-state index < -0.39 is 0 Å². The van der Waals surface area contributed by atoms with Crippen LogP contribution in [0.1, 0.15) is 25.0 Å². The van der Waals surface area contributed by atoms with Crippen molar-refractivity contribution in [2.24, 2.45) is 0 Å². The second-order valence-electron chi connectivity index (χ2n) is 8.82. The van der Waals surface area contributed by atoms with Gasteiger partial charge in [0.1, 0.15) is 0 Å². The summed E-state index contributed by atoms with van der Waals surface area (Å²) < 4.78 is 1.21. The first-order chi connectivity index (χ1) is 17.3. The van der Waals surface area contributed by atoms with Crippen molar-refractivity contribution in [1.82, 2.24) is 4.98 Å². The van der Waals surface area contributed by atoms with Crippen LogP contribution in [0.25, 0.3) is 43.0 Å². The number of ketones is 1. The number of hydrogen-bond acceptors (Lipinski definition) is 4. The average Bonchev–Trinajstić information content (AvgIpc) is 3.27. The Kier molecular flexibility index (Phi) is 9.71. The molecule has 2 aromatic heterocycles. The molecule has 5 heteroatoms. The summed E-state index contributed by atoms with van der Waals surface area (Å²) in [7, 11) is 0. The molecule has 37 heavy (non-hydrogen) atoms. The third-order valence-electron chi connectivity index (χ3n) is 5.48. The molecule has 0 saturated carbocycles. The van der Waals surface area contributed by atoms with Crippen LogP contribution in [0.4, 0.5) is 0 Å². The van der Waals surface area contributed by atoms with Gasteiger partial charge in [0.2, 0.25) is 0 Å². The number of aryl methyl sites for hydroxylation is 2. The Morgan fingerprint density at radius 3 is 2.19 bits per heavy atom. The Labute approximate surface area is 235 Å². The predicted molar refractivity (Wildman–Crippen MR) is 151 cm³/mol. The van der Waals surface area contributed by atoms with Gasteiger partial charge in [-0.05, 0) is 56.6 Å². The van der Waals surface area contributed by atoms with Crippen molar-refractivity contribution in [1.29, 1.82) is 0 Å². The molecule has 0 bridgehead atoms. The summed E-state index contributed by atoms with van der Waals surface area (Å²) in [5.74, 6) is -0.0625. The van der Waals surface area contributed by atoms with Crippen molar-refractivity contribution in [2.75, 3.05) is 0 Å². The van der Waals surface area contributed by atoms with Crippen molar-refractivity contribution in [3.8, 4) is 32.8 Å². The van der Waals surface area contributed by atoms with Gasteiger partial charge >= 0.3 is 0 Å². The van der Waals surface area contributed by atoms with Gasteiger partial charge in [0, 0.05) is 31.1 Å². The molecule has 0 fully saturated rings. The number of pyridine rings is 1. The summed E-state index contributed by atoms with van der Waals surface area (Å²) in [5.41, 5.74) is 9.26. The fourth-order valence-electron chi connectivity index (χ4n) is 4.05. The number of aliphatic hydroxyl groups excluding tert-OH is 1. The van der Waals surface area contributed by atoms with Crippen LogP contribution in [-0.2, 0) is 24.9 Å². The Bertz CT molecular complexity index is 1530. The van der Waals surface area contributed by atoms with Crippen LogP contribution in [0, 0.1) is 19.9 Å². The van der Waals surface area contributed by atoms with E-state index in [1.165, 1.54) is 57.3 Å². The van der Waals surface area contributed by atoms with E-state index in [2.05, 4.69) is 92.7 Å². The number of aromatic nitrogens is 1. The molecule has 0 amide bonds. The van der Waals surface area contributed by atoms with Gasteiger partial charge in [0.15, 0.2) is 5.78 Å². The Morgan fingerprint density at radius 1 is 0.865 bits per heavy atom. The number of carbonyl (C=O) groups excluding carboxylic acids is 1. The Morgan fingerprint density at radius 2 is 1.57 bits per heavy atom. The SMILES string of the molecule is CC(=O)/C=C(/C)O.Cc1cc(C)cc(-c2cc3nc(-c4[c-]ccc(-c5ccccc5)c4)ccc3s2)c1.[Ir]. The molecule has 1 radical (unpaired) electrons. The molecular formula is C32H28IrNO2S-. The Balaban J connectivity index is 0.000000422. The van der Waals surface area contributed by atoms with Gasteiger partial charge in [-0.2, -0.15) is 0 Å². The monoisotopic (exact) mass is 683 g/mol. The smallest absolute Gasteiger partial charge is 0.155 e. The number of allylic oxidation sites excluding steroid dienone is 2. The van der Waals surface area contributed by atoms with Crippen LogP contribution in [0.2, 0.25) is 0 Å². The minimum absolute atomic E-state index is 0. The van der Waals surface area contributed by atoms with E-state index in [1.807, 2.05) is 12.1 Å². The van der Waals surface area contributed by atoms with Gasteiger partial charge in [-0.15, -0.1) is 46.7 Å². The molecule has 1 N–H and O–H groups in total. The van der Waals surface area contributed by atoms with Gasteiger partial charge in [-0.25, -0.2) is 0 Å². The minimum Gasteiger partial charge on any atom is -0.512 e. The van der Waals surface area contributed by atoms with E-state index in [1.54, 1.807) is 11.3 Å². The third kappa shape index (κ3) is 7.56. The molecule has 3 nitrogen and oxygen atoms in total. The minimum atomic E-state index is -0.125. The van der Waals surface area contributed by atoms with Crippen LogP contribution in [0.5, 0.6) is 0 Å². The first-order valence-corrected chi connectivity index (χ1v) is 12.5. The fourth-order valence-corrected chi connectivity index (χ4v) is 5.04. The molecule has 0 spiro atoms. The molecule has 189 valence electrons. The molecule has 0 aliphatic carbocycles. The average molecular weight is 683 g/mol. The molecule has 0 aliphatic heterocycles. The van der Waals surface area contributed by atoms with Crippen molar-refractivity contribution in [3.63, 3.8) is 0 Å². The molecule has 5 rings (SSSR count). The molecule has 5 aromatic rings. The number of thiophene rings is 1. The van der Waals surface area contributed by atoms with Crippen LogP contribution in [0.15, 0.2) is 96.8 Å². The Hall–Kier alpha value is -3.37. The first-order valence-electron chi connectivity index (χ1n) is 11.7. The molecule has 0 unspecified atom stereocenters. The number of hydrogen-bond donors (Lipinski definition) is 1. The van der Waals surface area contributed by atoms with Gasteiger partial charge in [0.05, 0.1) is 16.0 Å². The number of fused-ring (bicyclic) bond motifs is 1. The van der Waals surface area contributed by atoms with Crippen molar-refractivity contribution in [3.05, 3.63) is 114 Å². The maximum atomic E-state index is 10.0. The van der Waals surface area contributed by atoms with Gasteiger partial charge in [-0.1, -0.05) is 65.7 Å². The van der Waals surface area contributed by atoms with Crippen LogP contribution in [-0.4, -0.2) is 15.9 Å². The quantitative estimate of drug-likeness (QED) is 0.117. The standard InChI is InChI=1S/C27H20NS.C5H8O2.Ir/c1-18-13-19(2)15-23(14-18)27-17-25-26(29-27)12-11-24(28-25)22-10-6-9-21(16-22)20-7-4-3-5-8-20;1-4(6)3-5(2)7;/h3-9,11-17H,1-2H3;3,6H,1-2H3;/q-1;;/b;4-3-;. The summed E-state index contributed by atoms with van der Waals surface area (Å²) >= 11 is 1.80. The van der Waals surface area contributed by atoms with E-state index in [-0.39, 0.29) is 31.6 Å². The molecule has 0 saturated heterocycles. The summed E-state index contributed by atoms with van der Waals surface area (Å²) in [5, 5.41) is 8.36. The van der Waals surface area contributed by atoms with Crippen LogP contribution >= 0.6 is 11.3 Å². The predicted octanol–water partition coefficient (Wildman–Crippen LogP) is 8.75. The van der Waals surface area contributed by atoms with E-state index in [4.69, 9.17) is 10.1 Å². The van der Waals surface area contributed by atoms with Crippen molar-refractivity contribution in [2.45, 2.75) is 27.7 Å². The second kappa shape index (κ2) is 12.7. The normalized spacial score (nSPS) is 10.9. The van der Waals surface area contributed by atoms with Crippen molar-refractivity contribution >= 4 is 27.3 Å². The fraction of sp³-hybridized carbons (Fsp3) is 0.125. The molecular weight excluding hydrogens is 655 g/mol. The number of aliphatic hydroxyl groups is 1. The summed E-state index contributed by atoms with van der Waals surface area (Å²) in [6.07, 6.45) is 1.17. The molecule has 2 heterocycles. The first kappa shape index (κ1) is 28.2. The van der Waals surface area contributed by atoms with Gasteiger partial charge in [-0.3, -0.25) is 9.78 Å². The maximum Gasteiger partial charge on any atom is 0.155 e. The zero-order valence-corrected chi connectivity index (χ0v) is 24.4. The topological polar surface area (TPSA) is 50.2 Å². The molecule has 0 aliphatic rings. The summed E-state index contributed by atoms with van der Waals surface area (Å²) in [6.45, 7) is 7.15. The zero-order valence-electron chi connectivity index (χ0n) is 21.2. The summed E-state index contributed by atoms with van der Waals surface area (Å²) in [4.78, 5) is 16.2. The van der Waals surface area contributed by atoms with Crippen LogP contribution in [0.3, 0.4) is 0 Å². The summed E-state index contributed by atoms with van der Waals surface area (Å²) in [6, 6.07) is 33.2. The van der Waals surface area contributed by atoms with Crippen molar-refractivity contribution < 1.29 is 30.0 Å². The molecule has 3 aromatic carbocycles. The number of carbonyl (C=O) groups is 1. The van der Waals surface area contributed by atoms with E-state index in [0.29, 0.717) is 0 Å². The van der Waals surface area contributed by atoms with Gasteiger partial charge < -0.3 is 5.11 Å². The van der Waals surface area contributed by atoms with E-state index >= 15 is 0 Å². The second-order valence-corrected chi connectivity index (χ2v) is 9.90. The van der Waals surface area contributed by atoms with Crippen LogP contribution < -0.4 is 0 Å².